The molecule has 4 nitrogen and oxygen atoms in total. The highest BCUT2D eigenvalue weighted by atomic mass is 79.9. The van der Waals surface area contributed by atoms with E-state index in [1.54, 1.807) is 21.3 Å². The summed E-state index contributed by atoms with van der Waals surface area (Å²) in [7, 11) is 4.85. The van der Waals surface area contributed by atoms with Crippen molar-refractivity contribution in [2.75, 3.05) is 27.9 Å². The molecule has 1 aromatic rings. The standard InChI is InChI=1S/C13H20BrNO3/c1-16-11-9(6-4-5-7-15)8-10(14)12(17-2)13(11)18-3/h8H,4-7,15H2,1-3H3. The van der Waals surface area contributed by atoms with Gasteiger partial charge in [0.25, 0.3) is 0 Å². The first-order valence-electron chi connectivity index (χ1n) is 5.87. The number of hydrogen-bond acceptors (Lipinski definition) is 4. The first-order chi connectivity index (χ1) is 8.69. The van der Waals surface area contributed by atoms with Crippen molar-refractivity contribution in [2.45, 2.75) is 19.3 Å². The van der Waals surface area contributed by atoms with Gasteiger partial charge in [-0.05, 0) is 53.4 Å². The molecule has 102 valence electrons. The van der Waals surface area contributed by atoms with E-state index in [1.807, 2.05) is 6.07 Å². The zero-order chi connectivity index (χ0) is 13.5. The van der Waals surface area contributed by atoms with E-state index in [9.17, 15) is 0 Å². The van der Waals surface area contributed by atoms with Crippen LogP contribution in [0.2, 0.25) is 0 Å². The second-order valence-electron chi connectivity index (χ2n) is 3.86. The zero-order valence-electron chi connectivity index (χ0n) is 11.1. The Labute approximate surface area is 117 Å². The number of benzene rings is 1. The second kappa shape index (κ2) is 7.48. The number of hydrogen-bond donors (Lipinski definition) is 1. The summed E-state index contributed by atoms with van der Waals surface area (Å²) in [6.07, 6.45) is 2.92. The van der Waals surface area contributed by atoms with E-state index in [0.717, 1.165) is 35.0 Å². The molecule has 0 radical (unpaired) electrons. The van der Waals surface area contributed by atoms with Gasteiger partial charge in [0.1, 0.15) is 0 Å². The highest BCUT2D eigenvalue weighted by Gasteiger charge is 2.19. The Bertz CT molecular complexity index is 396. The molecule has 0 aliphatic rings. The molecule has 0 bridgehead atoms. The van der Waals surface area contributed by atoms with Crippen molar-refractivity contribution in [1.82, 2.24) is 0 Å². The summed E-state index contributed by atoms with van der Waals surface area (Å²) in [6, 6.07) is 2.01. The largest absolute Gasteiger partial charge is 0.492 e. The van der Waals surface area contributed by atoms with Gasteiger partial charge in [-0.3, -0.25) is 0 Å². The fourth-order valence-corrected chi connectivity index (χ4v) is 2.50. The maximum Gasteiger partial charge on any atom is 0.204 e. The Kier molecular flexibility index (Phi) is 6.29. The Hall–Kier alpha value is -0.940. The van der Waals surface area contributed by atoms with Gasteiger partial charge in [0, 0.05) is 0 Å². The van der Waals surface area contributed by atoms with Crippen LogP contribution in [-0.2, 0) is 6.42 Å². The quantitative estimate of drug-likeness (QED) is 0.786. The number of aryl methyl sites for hydroxylation is 1. The Morgan fingerprint density at radius 1 is 1.00 bits per heavy atom. The smallest absolute Gasteiger partial charge is 0.204 e. The number of ether oxygens (including phenoxy) is 3. The molecule has 0 aliphatic heterocycles. The van der Waals surface area contributed by atoms with Gasteiger partial charge in [0.05, 0.1) is 25.8 Å². The summed E-state index contributed by atoms with van der Waals surface area (Å²) in [5, 5.41) is 0. The molecule has 0 aliphatic carbocycles. The molecule has 18 heavy (non-hydrogen) atoms. The van der Waals surface area contributed by atoms with Gasteiger partial charge in [0.15, 0.2) is 11.5 Å². The third kappa shape index (κ3) is 3.29. The molecule has 0 unspecified atom stereocenters. The van der Waals surface area contributed by atoms with Crippen LogP contribution in [0.5, 0.6) is 17.2 Å². The molecule has 2 N–H and O–H groups in total. The fraction of sp³-hybridized carbons (Fsp3) is 0.538. The molecule has 0 fully saturated rings. The van der Waals surface area contributed by atoms with Crippen molar-refractivity contribution < 1.29 is 14.2 Å². The fourth-order valence-electron chi connectivity index (χ4n) is 1.89. The Morgan fingerprint density at radius 3 is 2.11 bits per heavy atom. The molecule has 1 rings (SSSR count). The van der Waals surface area contributed by atoms with Crippen LogP contribution in [0.25, 0.3) is 0 Å². The third-order valence-electron chi connectivity index (χ3n) is 2.73. The van der Waals surface area contributed by atoms with Crippen LogP contribution >= 0.6 is 15.9 Å². The van der Waals surface area contributed by atoms with Crippen LogP contribution in [0.4, 0.5) is 0 Å². The second-order valence-corrected chi connectivity index (χ2v) is 4.72. The lowest BCUT2D eigenvalue weighted by atomic mass is 10.1. The van der Waals surface area contributed by atoms with Gasteiger partial charge in [-0.2, -0.15) is 0 Å². The topological polar surface area (TPSA) is 53.7 Å². The number of unbranched alkanes of at least 4 members (excludes halogenated alkanes) is 1. The van der Waals surface area contributed by atoms with E-state index in [4.69, 9.17) is 19.9 Å². The van der Waals surface area contributed by atoms with Crippen LogP contribution in [0.3, 0.4) is 0 Å². The Balaban J connectivity index is 3.13. The summed E-state index contributed by atoms with van der Waals surface area (Å²) >= 11 is 3.49. The summed E-state index contributed by atoms with van der Waals surface area (Å²) in [4.78, 5) is 0. The molecule has 5 heteroatoms. The average Bonchev–Trinajstić information content (AvgIpc) is 2.38. The minimum atomic E-state index is 0.622. The van der Waals surface area contributed by atoms with E-state index in [2.05, 4.69) is 15.9 Å². The van der Waals surface area contributed by atoms with Crippen LogP contribution < -0.4 is 19.9 Å². The SMILES string of the molecule is COc1c(Br)cc(CCCCN)c(OC)c1OC. The molecule has 0 spiro atoms. The minimum Gasteiger partial charge on any atom is -0.492 e. The summed E-state index contributed by atoms with van der Waals surface area (Å²) in [5.41, 5.74) is 6.60. The molecule has 0 saturated heterocycles. The van der Waals surface area contributed by atoms with E-state index < -0.39 is 0 Å². The van der Waals surface area contributed by atoms with E-state index in [-0.39, 0.29) is 0 Å². The number of halogens is 1. The number of nitrogens with two attached hydrogens (primary N) is 1. The first-order valence-corrected chi connectivity index (χ1v) is 6.66. The molecular weight excluding hydrogens is 298 g/mol. The average molecular weight is 318 g/mol. The van der Waals surface area contributed by atoms with Gasteiger partial charge >= 0.3 is 0 Å². The monoisotopic (exact) mass is 317 g/mol. The van der Waals surface area contributed by atoms with Crippen LogP contribution in [0, 0.1) is 0 Å². The lowest BCUT2D eigenvalue weighted by Gasteiger charge is -2.17. The van der Waals surface area contributed by atoms with Crippen molar-refractivity contribution >= 4 is 15.9 Å². The van der Waals surface area contributed by atoms with Crippen LogP contribution in [0.15, 0.2) is 10.5 Å². The van der Waals surface area contributed by atoms with Crippen LogP contribution in [-0.4, -0.2) is 27.9 Å². The highest BCUT2D eigenvalue weighted by Crippen LogP contribution is 2.45. The molecule has 0 amide bonds. The van der Waals surface area contributed by atoms with Crippen molar-refractivity contribution in [3.05, 3.63) is 16.1 Å². The summed E-state index contributed by atoms with van der Waals surface area (Å²) in [5.74, 6) is 2.00. The Morgan fingerprint density at radius 2 is 1.61 bits per heavy atom. The summed E-state index contributed by atoms with van der Waals surface area (Å²) < 4.78 is 17.0. The predicted octanol–water partition coefficient (Wildman–Crippen LogP) is 2.76. The normalized spacial score (nSPS) is 10.3. The minimum absolute atomic E-state index is 0.622. The maximum absolute atomic E-state index is 5.51. The van der Waals surface area contributed by atoms with Gasteiger partial charge in [0.2, 0.25) is 5.75 Å². The van der Waals surface area contributed by atoms with Crippen molar-refractivity contribution in [1.29, 1.82) is 0 Å². The van der Waals surface area contributed by atoms with E-state index >= 15 is 0 Å². The number of methoxy groups -OCH3 is 3. The first kappa shape index (κ1) is 15.1. The van der Waals surface area contributed by atoms with Gasteiger partial charge in [-0.25, -0.2) is 0 Å². The maximum atomic E-state index is 5.51. The van der Waals surface area contributed by atoms with Crippen LogP contribution in [0.1, 0.15) is 18.4 Å². The van der Waals surface area contributed by atoms with Crippen molar-refractivity contribution in [3.63, 3.8) is 0 Å². The predicted molar refractivity (Wildman–Crippen MR) is 75.8 cm³/mol. The number of rotatable bonds is 7. The van der Waals surface area contributed by atoms with Crippen molar-refractivity contribution in [3.8, 4) is 17.2 Å². The molecule has 0 heterocycles. The van der Waals surface area contributed by atoms with Gasteiger partial charge in [-0.15, -0.1) is 0 Å². The molecule has 0 saturated carbocycles. The third-order valence-corrected chi connectivity index (χ3v) is 3.32. The lowest BCUT2D eigenvalue weighted by molar-refractivity contribution is 0.320. The van der Waals surface area contributed by atoms with E-state index in [1.165, 1.54) is 0 Å². The summed E-state index contributed by atoms with van der Waals surface area (Å²) in [6.45, 7) is 0.705. The highest BCUT2D eigenvalue weighted by molar-refractivity contribution is 9.10. The van der Waals surface area contributed by atoms with Gasteiger partial charge < -0.3 is 19.9 Å². The molecule has 1 aromatic carbocycles. The molecule has 0 atom stereocenters. The lowest BCUT2D eigenvalue weighted by Crippen LogP contribution is -2.02. The van der Waals surface area contributed by atoms with Crippen molar-refractivity contribution in [2.24, 2.45) is 5.73 Å². The van der Waals surface area contributed by atoms with E-state index in [0.29, 0.717) is 18.0 Å². The zero-order valence-corrected chi connectivity index (χ0v) is 12.7. The molecular formula is C13H20BrNO3. The molecule has 0 aromatic heterocycles. The van der Waals surface area contributed by atoms with Gasteiger partial charge in [-0.1, -0.05) is 0 Å².